The monoisotopic (exact) mass is 226 g/mol. The zero-order valence-electron chi connectivity index (χ0n) is 9.37. The van der Waals surface area contributed by atoms with Gasteiger partial charge in [-0.25, -0.2) is 9.18 Å². The molecule has 0 spiro atoms. The molecule has 1 heterocycles. The number of rotatable bonds is 4. The number of aromatic nitrogens is 1. The number of carbonyl (C=O) groups is 1. The van der Waals surface area contributed by atoms with Gasteiger partial charge in [0.25, 0.3) is 0 Å². The number of nitrogens with one attached hydrogen (secondary N) is 1. The van der Waals surface area contributed by atoms with Crippen LogP contribution >= 0.6 is 0 Å². The van der Waals surface area contributed by atoms with Gasteiger partial charge in [0.2, 0.25) is 0 Å². The fourth-order valence-electron chi connectivity index (χ4n) is 0.998. The van der Waals surface area contributed by atoms with Crippen LogP contribution in [-0.2, 0) is 11.3 Å². The fourth-order valence-corrected chi connectivity index (χ4v) is 0.998. The van der Waals surface area contributed by atoms with Crippen molar-refractivity contribution in [2.45, 2.75) is 20.4 Å². The van der Waals surface area contributed by atoms with Crippen LogP contribution in [0.25, 0.3) is 0 Å². The van der Waals surface area contributed by atoms with Gasteiger partial charge in [-0.15, -0.1) is 0 Å². The Morgan fingerprint density at radius 1 is 1.62 bits per heavy atom. The first kappa shape index (κ1) is 12.4. The van der Waals surface area contributed by atoms with E-state index < -0.39 is 11.9 Å². The first-order chi connectivity index (χ1) is 7.59. The summed E-state index contributed by atoms with van der Waals surface area (Å²) in [6.45, 7) is 4.25. The van der Waals surface area contributed by atoms with Crippen LogP contribution in [0.5, 0.6) is 0 Å². The maximum Gasteiger partial charge on any atom is 0.407 e. The number of alkyl carbamates (subject to hydrolysis) is 1. The average Bonchev–Trinajstić information content (AvgIpc) is 2.25. The Balaban J connectivity index is 2.35. The van der Waals surface area contributed by atoms with Gasteiger partial charge in [0.1, 0.15) is 5.82 Å². The molecule has 88 valence electrons. The molecule has 0 aliphatic rings. The average molecular weight is 226 g/mol. The molecule has 0 radical (unpaired) electrons. The summed E-state index contributed by atoms with van der Waals surface area (Å²) in [4.78, 5) is 14.9. The molecule has 1 rings (SSSR count). The number of ether oxygens (including phenoxy) is 1. The van der Waals surface area contributed by atoms with Crippen LogP contribution in [0.4, 0.5) is 9.18 Å². The number of nitrogens with zero attached hydrogens (tertiary/aromatic N) is 1. The van der Waals surface area contributed by atoms with Crippen molar-refractivity contribution < 1.29 is 13.9 Å². The number of hydrogen-bond acceptors (Lipinski definition) is 3. The highest BCUT2D eigenvalue weighted by Crippen LogP contribution is 2.01. The number of pyridine rings is 1. The molecule has 0 aromatic carbocycles. The summed E-state index contributed by atoms with van der Waals surface area (Å²) >= 11 is 0. The second kappa shape index (κ2) is 6.05. The van der Waals surface area contributed by atoms with E-state index >= 15 is 0 Å². The van der Waals surface area contributed by atoms with E-state index in [0.717, 1.165) is 0 Å². The third-order valence-corrected chi connectivity index (χ3v) is 1.78. The molecule has 0 unspecified atom stereocenters. The predicted molar refractivity (Wildman–Crippen MR) is 57.2 cm³/mol. The summed E-state index contributed by atoms with van der Waals surface area (Å²) < 4.78 is 18.0. The molecule has 1 amide bonds. The van der Waals surface area contributed by atoms with E-state index in [1.807, 2.05) is 13.8 Å². The van der Waals surface area contributed by atoms with E-state index in [-0.39, 0.29) is 18.2 Å². The lowest BCUT2D eigenvalue weighted by molar-refractivity contribution is 0.132. The SMILES string of the molecule is CC(C)COC(=O)NCc1ncccc1F. The summed E-state index contributed by atoms with van der Waals surface area (Å²) in [5.74, 6) is -0.163. The lowest BCUT2D eigenvalue weighted by Crippen LogP contribution is -2.26. The standard InChI is InChI=1S/C11H15FN2O2/c1-8(2)7-16-11(15)14-6-10-9(12)4-3-5-13-10/h3-5,8H,6-7H2,1-2H3,(H,14,15). The number of halogens is 1. The van der Waals surface area contributed by atoms with Gasteiger partial charge in [0.05, 0.1) is 18.8 Å². The first-order valence-electron chi connectivity index (χ1n) is 5.09. The third kappa shape index (κ3) is 4.25. The van der Waals surface area contributed by atoms with Crippen LogP contribution in [0.2, 0.25) is 0 Å². The molecule has 0 atom stereocenters. The van der Waals surface area contributed by atoms with Crippen molar-refractivity contribution in [1.82, 2.24) is 10.3 Å². The maximum absolute atomic E-state index is 13.1. The Morgan fingerprint density at radius 2 is 2.38 bits per heavy atom. The molecule has 0 saturated carbocycles. The van der Waals surface area contributed by atoms with E-state index in [1.54, 1.807) is 0 Å². The highest BCUT2D eigenvalue weighted by Gasteiger charge is 2.06. The van der Waals surface area contributed by atoms with Crippen LogP contribution in [0.1, 0.15) is 19.5 Å². The van der Waals surface area contributed by atoms with Crippen molar-refractivity contribution in [1.29, 1.82) is 0 Å². The molecule has 0 aliphatic carbocycles. The Kier molecular flexibility index (Phi) is 4.69. The van der Waals surface area contributed by atoms with Crippen molar-refractivity contribution in [3.8, 4) is 0 Å². The number of carbonyl (C=O) groups excluding carboxylic acids is 1. The smallest absolute Gasteiger partial charge is 0.407 e. The van der Waals surface area contributed by atoms with Crippen LogP contribution in [-0.4, -0.2) is 17.7 Å². The fraction of sp³-hybridized carbons (Fsp3) is 0.455. The van der Waals surface area contributed by atoms with Crippen LogP contribution in [0.15, 0.2) is 18.3 Å². The highest BCUT2D eigenvalue weighted by molar-refractivity contribution is 5.67. The molecular weight excluding hydrogens is 211 g/mol. The summed E-state index contributed by atoms with van der Waals surface area (Å²) in [5.41, 5.74) is 0.198. The summed E-state index contributed by atoms with van der Waals surface area (Å²) in [7, 11) is 0. The molecule has 4 nitrogen and oxygen atoms in total. The minimum atomic E-state index is -0.557. The molecule has 0 aliphatic heterocycles. The minimum Gasteiger partial charge on any atom is -0.449 e. The van der Waals surface area contributed by atoms with E-state index in [9.17, 15) is 9.18 Å². The van der Waals surface area contributed by atoms with Gasteiger partial charge >= 0.3 is 6.09 Å². The van der Waals surface area contributed by atoms with Crippen molar-refractivity contribution in [3.63, 3.8) is 0 Å². The third-order valence-electron chi connectivity index (χ3n) is 1.78. The largest absolute Gasteiger partial charge is 0.449 e. The molecule has 0 saturated heterocycles. The summed E-state index contributed by atoms with van der Waals surface area (Å²) in [6, 6.07) is 2.79. The van der Waals surface area contributed by atoms with E-state index in [0.29, 0.717) is 6.61 Å². The first-order valence-corrected chi connectivity index (χ1v) is 5.09. The summed E-state index contributed by atoms with van der Waals surface area (Å²) in [5, 5.41) is 2.43. The number of amides is 1. The van der Waals surface area contributed by atoms with Gasteiger partial charge in [-0.05, 0) is 18.1 Å². The lowest BCUT2D eigenvalue weighted by atomic mass is 10.2. The second-order valence-corrected chi connectivity index (χ2v) is 3.78. The zero-order chi connectivity index (χ0) is 12.0. The molecule has 0 bridgehead atoms. The molecule has 1 N–H and O–H groups in total. The van der Waals surface area contributed by atoms with Gasteiger partial charge in [-0.1, -0.05) is 13.8 Å². The predicted octanol–water partition coefficient (Wildman–Crippen LogP) is 2.10. The molecule has 0 fully saturated rings. The van der Waals surface area contributed by atoms with E-state index in [4.69, 9.17) is 4.74 Å². The molecule has 16 heavy (non-hydrogen) atoms. The highest BCUT2D eigenvalue weighted by atomic mass is 19.1. The van der Waals surface area contributed by atoms with Gasteiger partial charge in [0, 0.05) is 6.20 Å². The topological polar surface area (TPSA) is 51.2 Å². The van der Waals surface area contributed by atoms with Gasteiger partial charge in [-0.2, -0.15) is 0 Å². The van der Waals surface area contributed by atoms with Crippen molar-refractivity contribution in [2.75, 3.05) is 6.61 Å². The van der Waals surface area contributed by atoms with E-state index in [1.165, 1.54) is 18.3 Å². The van der Waals surface area contributed by atoms with Crippen LogP contribution in [0, 0.1) is 11.7 Å². The van der Waals surface area contributed by atoms with Crippen molar-refractivity contribution in [3.05, 3.63) is 29.8 Å². The van der Waals surface area contributed by atoms with Crippen LogP contribution in [0.3, 0.4) is 0 Å². The second-order valence-electron chi connectivity index (χ2n) is 3.78. The minimum absolute atomic E-state index is 0.0314. The van der Waals surface area contributed by atoms with Gasteiger partial charge in [-0.3, -0.25) is 4.98 Å². The van der Waals surface area contributed by atoms with Crippen molar-refractivity contribution in [2.24, 2.45) is 5.92 Å². The Labute approximate surface area is 93.8 Å². The van der Waals surface area contributed by atoms with Crippen molar-refractivity contribution >= 4 is 6.09 Å². The Morgan fingerprint density at radius 3 is 3.00 bits per heavy atom. The molecule has 1 aromatic rings. The molecule has 1 aromatic heterocycles. The zero-order valence-corrected chi connectivity index (χ0v) is 9.37. The van der Waals surface area contributed by atoms with Gasteiger partial charge < -0.3 is 10.1 Å². The van der Waals surface area contributed by atoms with E-state index in [2.05, 4.69) is 10.3 Å². The molecule has 5 heteroatoms. The normalized spacial score (nSPS) is 10.2. The maximum atomic E-state index is 13.1. The van der Waals surface area contributed by atoms with Crippen LogP contribution < -0.4 is 5.32 Å². The Hall–Kier alpha value is -1.65. The number of hydrogen-bond donors (Lipinski definition) is 1. The van der Waals surface area contributed by atoms with Gasteiger partial charge in [0.15, 0.2) is 0 Å². The summed E-state index contributed by atoms with van der Waals surface area (Å²) in [6.07, 6.45) is 0.915. The quantitative estimate of drug-likeness (QED) is 0.855. The Bertz CT molecular complexity index is 356. The molecular formula is C11H15FN2O2. The lowest BCUT2D eigenvalue weighted by Gasteiger charge is -2.08.